The van der Waals surface area contributed by atoms with Crippen molar-refractivity contribution in [1.82, 2.24) is 29.5 Å². The van der Waals surface area contributed by atoms with Crippen LogP contribution in [-0.2, 0) is 0 Å². The molecule has 0 amide bonds. The fourth-order valence-electron chi connectivity index (χ4n) is 2.52. The van der Waals surface area contributed by atoms with Crippen molar-refractivity contribution in [2.45, 2.75) is 0 Å². The van der Waals surface area contributed by atoms with Gasteiger partial charge >= 0.3 is 0 Å². The van der Waals surface area contributed by atoms with Crippen LogP contribution >= 0.6 is 0 Å². The second kappa shape index (κ2) is 6.67. The lowest BCUT2D eigenvalue weighted by molar-refractivity contribution is 0.674. The molecule has 0 radical (unpaired) electrons. The van der Waals surface area contributed by atoms with E-state index in [1.54, 1.807) is 48.5 Å². The van der Waals surface area contributed by atoms with Gasteiger partial charge in [-0.1, -0.05) is 36.4 Å². The topological polar surface area (TPSA) is 61.4 Å². The van der Waals surface area contributed by atoms with Crippen molar-refractivity contribution in [3.05, 3.63) is 85.0 Å². The number of benzene rings is 2. The highest BCUT2D eigenvalue weighted by atomic mass is 19.2. The molecule has 0 saturated carbocycles. The number of halogens is 2. The van der Waals surface area contributed by atoms with Crippen LogP contribution in [0.3, 0.4) is 0 Å². The zero-order valence-corrected chi connectivity index (χ0v) is 13.4. The van der Waals surface area contributed by atoms with E-state index in [2.05, 4.69) is 20.4 Å². The van der Waals surface area contributed by atoms with Crippen molar-refractivity contribution in [1.29, 1.82) is 0 Å². The Morgan fingerprint density at radius 2 is 1.00 bits per heavy atom. The minimum Gasteiger partial charge on any atom is -0.280 e. The molecule has 2 aromatic carbocycles. The zero-order valence-electron chi connectivity index (χ0n) is 13.4. The molecule has 26 heavy (non-hydrogen) atoms. The molecule has 0 unspecified atom stereocenters. The highest BCUT2D eigenvalue weighted by molar-refractivity contribution is 5.79. The summed E-state index contributed by atoms with van der Waals surface area (Å²) in [6, 6.07) is 17.7. The van der Waals surface area contributed by atoms with Crippen molar-refractivity contribution < 1.29 is 8.78 Å². The van der Waals surface area contributed by atoms with Gasteiger partial charge in [-0.2, -0.15) is 8.78 Å². The van der Waals surface area contributed by atoms with E-state index in [4.69, 9.17) is 0 Å². The molecular weight excluding hydrogens is 338 g/mol. The first kappa shape index (κ1) is 15.8. The van der Waals surface area contributed by atoms with Gasteiger partial charge in [0, 0.05) is 11.4 Å². The number of nitrogens with zero attached hydrogens (tertiary/aromatic N) is 6. The third-order valence-electron chi connectivity index (χ3n) is 3.75. The predicted octanol–water partition coefficient (Wildman–Crippen LogP) is 3.61. The van der Waals surface area contributed by atoms with E-state index in [9.17, 15) is 8.78 Å². The molecule has 0 aliphatic rings. The van der Waals surface area contributed by atoms with Crippen LogP contribution in [0.15, 0.2) is 73.3 Å². The van der Waals surface area contributed by atoms with E-state index in [1.807, 2.05) is 12.1 Å². The van der Waals surface area contributed by atoms with Gasteiger partial charge in [0.15, 0.2) is 11.6 Å². The summed E-state index contributed by atoms with van der Waals surface area (Å²) in [6.07, 6.45) is 2.64. The normalized spacial score (nSPS) is 12.1. The maximum absolute atomic E-state index is 14.9. The van der Waals surface area contributed by atoms with Crippen LogP contribution in [0.1, 0.15) is 11.6 Å². The van der Waals surface area contributed by atoms with Crippen LogP contribution < -0.4 is 0 Å². The van der Waals surface area contributed by atoms with Crippen LogP contribution in [-0.4, -0.2) is 29.5 Å². The molecule has 0 aliphatic carbocycles. The van der Waals surface area contributed by atoms with Crippen molar-refractivity contribution in [2.24, 2.45) is 0 Å². The van der Waals surface area contributed by atoms with Gasteiger partial charge in [0.1, 0.15) is 12.7 Å². The molecule has 0 aliphatic heterocycles. The van der Waals surface area contributed by atoms with E-state index in [1.165, 1.54) is 21.8 Å². The largest absolute Gasteiger partial charge is 0.280 e. The van der Waals surface area contributed by atoms with Crippen molar-refractivity contribution in [3.63, 3.8) is 0 Å². The standard InChI is InChI=1S/C18H12F2N6/c19-15(17-23-21-11-25(17)13-7-3-1-4-8-13)16(20)18-24-22-12-26(18)14-9-5-2-6-10-14/h1-12H/b16-15-. The Hall–Kier alpha value is -3.68. The highest BCUT2D eigenvalue weighted by Gasteiger charge is 2.22. The van der Waals surface area contributed by atoms with Crippen LogP contribution in [0.5, 0.6) is 0 Å². The maximum Gasteiger partial charge on any atom is 0.207 e. The van der Waals surface area contributed by atoms with Crippen LogP contribution in [0.4, 0.5) is 8.78 Å². The summed E-state index contributed by atoms with van der Waals surface area (Å²) in [6.45, 7) is 0. The Balaban J connectivity index is 1.80. The summed E-state index contributed by atoms with van der Waals surface area (Å²) in [5.74, 6) is -2.85. The van der Waals surface area contributed by atoms with Gasteiger partial charge in [-0.05, 0) is 24.3 Å². The summed E-state index contributed by atoms with van der Waals surface area (Å²) in [5.41, 5.74) is 1.22. The van der Waals surface area contributed by atoms with Gasteiger partial charge in [0.2, 0.25) is 11.7 Å². The van der Waals surface area contributed by atoms with Crippen molar-refractivity contribution in [3.8, 4) is 11.4 Å². The van der Waals surface area contributed by atoms with E-state index in [-0.39, 0.29) is 11.6 Å². The molecule has 8 heteroatoms. The minimum atomic E-state index is -1.17. The highest BCUT2D eigenvalue weighted by Crippen LogP contribution is 2.28. The molecule has 2 aromatic heterocycles. The van der Waals surface area contributed by atoms with Gasteiger partial charge in [-0.25, -0.2) is 0 Å². The molecule has 2 heterocycles. The summed E-state index contributed by atoms with van der Waals surface area (Å²) >= 11 is 0. The lowest BCUT2D eigenvalue weighted by Crippen LogP contribution is -2.02. The van der Waals surface area contributed by atoms with Crippen molar-refractivity contribution in [2.75, 3.05) is 0 Å². The first-order chi connectivity index (χ1) is 12.8. The second-order valence-corrected chi connectivity index (χ2v) is 5.35. The fraction of sp³-hybridized carbons (Fsp3) is 0. The lowest BCUT2D eigenvalue weighted by Gasteiger charge is -2.07. The number of rotatable bonds is 4. The molecular formula is C18H12F2N6. The fourth-order valence-corrected chi connectivity index (χ4v) is 2.52. The minimum absolute atomic E-state index is 0.253. The SMILES string of the molecule is F/C(=C(\F)c1nncn1-c1ccccc1)c1nncn1-c1ccccc1. The third kappa shape index (κ3) is 2.77. The Bertz CT molecular complexity index is 968. The Morgan fingerprint density at radius 3 is 1.38 bits per heavy atom. The lowest BCUT2D eigenvalue weighted by atomic mass is 10.3. The van der Waals surface area contributed by atoms with E-state index < -0.39 is 11.7 Å². The molecule has 4 aromatic rings. The Kier molecular flexibility index (Phi) is 4.06. The van der Waals surface area contributed by atoms with Crippen LogP contribution in [0.2, 0.25) is 0 Å². The Morgan fingerprint density at radius 1 is 0.615 bits per heavy atom. The number of hydrogen-bond acceptors (Lipinski definition) is 4. The second-order valence-electron chi connectivity index (χ2n) is 5.35. The predicted molar refractivity (Wildman–Crippen MR) is 91.7 cm³/mol. The van der Waals surface area contributed by atoms with Gasteiger partial charge < -0.3 is 0 Å². The molecule has 0 N–H and O–H groups in total. The van der Waals surface area contributed by atoms with E-state index in [0.29, 0.717) is 11.4 Å². The first-order valence-electron chi connectivity index (χ1n) is 7.72. The smallest absolute Gasteiger partial charge is 0.207 e. The van der Waals surface area contributed by atoms with Gasteiger partial charge in [-0.15, -0.1) is 20.4 Å². The van der Waals surface area contributed by atoms with Gasteiger partial charge in [-0.3, -0.25) is 9.13 Å². The van der Waals surface area contributed by atoms with E-state index in [0.717, 1.165) is 0 Å². The molecule has 0 atom stereocenters. The average molecular weight is 350 g/mol. The zero-order chi connectivity index (χ0) is 17.9. The van der Waals surface area contributed by atoms with Gasteiger partial charge in [0.25, 0.3) is 0 Å². The summed E-state index contributed by atoms with van der Waals surface area (Å²) in [5, 5.41) is 14.8. The quantitative estimate of drug-likeness (QED) is 0.564. The molecule has 4 rings (SSSR count). The third-order valence-corrected chi connectivity index (χ3v) is 3.75. The number of hydrogen-bond donors (Lipinski definition) is 0. The molecule has 128 valence electrons. The van der Waals surface area contributed by atoms with Crippen LogP contribution in [0.25, 0.3) is 23.0 Å². The molecule has 0 bridgehead atoms. The number of aromatic nitrogens is 6. The summed E-state index contributed by atoms with van der Waals surface area (Å²) in [4.78, 5) is 0. The molecule has 0 saturated heterocycles. The summed E-state index contributed by atoms with van der Waals surface area (Å²) in [7, 11) is 0. The molecule has 6 nitrogen and oxygen atoms in total. The maximum atomic E-state index is 14.9. The Labute approximate surface area is 147 Å². The summed E-state index contributed by atoms with van der Waals surface area (Å²) < 4.78 is 32.5. The number of para-hydroxylation sites is 2. The van der Waals surface area contributed by atoms with Crippen LogP contribution in [0, 0.1) is 0 Å². The molecule has 0 spiro atoms. The monoisotopic (exact) mass is 350 g/mol. The molecule has 0 fully saturated rings. The van der Waals surface area contributed by atoms with E-state index >= 15 is 0 Å². The first-order valence-corrected chi connectivity index (χ1v) is 7.72. The van der Waals surface area contributed by atoms with Gasteiger partial charge in [0.05, 0.1) is 0 Å². The average Bonchev–Trinajstić information content (AvgIpc) is 3.38. The van der Waals surface area contributed by atoms with Crippen molar-refractivity contribution >= 4 is 11.7 Å².